The van der Waals surface area contributed by atoms with Crippen molar-refractivity contribution < 1.29 is 13.2 Å². The highest BCUT2D eigenvalue weighted by molar-refractivity contribution is 7.91. The first kappa shape index (κ1) is 27.7. The average Bonchev–Trinajstić information content (AvgIpc) is 3.47. The maximum atomic E-state index is 13.8. The number of aromatic nitrogens is 7. The zero-order chi connectivity index (χ0) is 28.8. The van der Waals surface area contributed by atoms with Crippen LogP contribution in [-0.4, -0.2) is 55.3 Å². The number of rotatable bonds is 8. The van der Waals surface area contributed by atoms with Crippen LogP contribution in [0.25, 0.3) is 28.1 Å². The SMILES string of the molecule is COc1cccc(C)c1-n1c(CS(=O)(=O)[C@@H](C)[C@H](C)c2ncc(Cl)cn2)nnc1-c1nn(C)c2ccc(C)cc12. The minimum Gasteiger partial charge on any atom is -0.495 e. The Morgan fingerprint density at radius 1 is 1.05 bits per heavy atom. The third-order valence-corrected chi connectivity index (χ3v) is 9.64. The fourth-order valence-electron chi connectivity index (χ4n) is 4.82. The van der Waals surface area contributed by atoms with Crippen LogP contribution < -0.4 is 4.74 Å². The second-order valence-corrected chi connectivity index (χ2v) is 12.7. The first-order valence-corrected chi connectivity index (χ1v) is 14.8. The zero-order valence-corrected chi connectivity index (χ0v) is 24.7. The van der Waals surface area contributed by atoms with Crippen molar-refractivity contribution in [1.82, 2.24) is 34.5 Å². The molecule has 0 saturated carbocycles. The Hall–Kier alpha value is -3.83. The van der Waals surface area contributed by atoms with E-state index in [1.807, 2.05) is 57.3 Å². The van der Waals surface area contributed by atoms with Crippen LogP contribution in [0, 0.1) is 13.8 Å². The molecule has 3 heterocycles. The summed E-state index contributed by atoms with van der Waals surface area (Å²) in [6, 6.07) is 11.7. The van der Waals surface area contributed by atoms with Gasteiger partial charge in [-0.25, -0.2) is 18.4 Å². The number of sulfone groups is 1. The summed E-state index contributed by atoms with van der Waals surface area (Å²) in [4.78, 5) is 8.47. The largest absolute Gasteiger partial charge is 0.495 e. The molecule has 12 heteroatoms. The van der Waals surface area contributed by atoms with E-state index >= 15 is 0 Å². The van der Waals surface area contributed by atoms with E-state index in [1.54, 1.807) is 30.2 Å². The fourth-order valence-corrected chi connectivity index (χ4v) is 6.47. The number of nitrogens with zero attached hydrogens (tertiary/aromatic N) is 7. The maximum absolute atomic E-state index is 13.8. The van der Waals surface area contributed by atoms with Gasteiger partial charge in [0.1, 0.15) is 23.0 Å². The third-order valence-electron chi connectivity index (χ3n) is 7.24. The maximum Gasteiger partial charge on any atom is 0.189 e. The number of para-hydroxylation sites is 1. The Labute approximate surface area is 237 Å². The molecule has 208 valence electrons. The van der Waals surface area contributed by atoms with Crippen LogP contribution in [0.1, 0.15) is 42.5 Å². The molecule has 0 aliphatic heterocycles. The van der Waals surface area contributed by atoms with Crippen molar-refractivity contribution >= 4 is 32.3 Å². The molecule has 2 atom stereocenters. The van der Waals surface area contributed by atoms with Gasteiger partial charge in [-0.1, -0.05) is 42.3 Å². The van der Waals surface area contributed by atoms with E-state index in [0.717, 1.165) is 22.0 Å². The molecule has 0 saturated heterocycles. The van der Waals surface area contributed by atoms with Crippen LogP contribution in [-0.2, 0) is 22.6 Å². The normalized spacial score (nSPS) is 13.5. The van der Waals surface area contributed by atoms with Crippen molar-refractivity contribution in [2.75, 3.05) is 7.11 Å². The van der Waals surface area contributed by atoms with Crippen molar-refractivity contribution in [3.63, 3.8) is 0 Å². The standard InChI is InChI=1S/C28H30ClN7O3S/c1-16-10-11-22-21(12-16)25(34-35(22)5)28-33-32-24(36(28)26-17(2)8-7-9-23(26)39-6)15-40(37,38)19(4)18(3)27-30-13-20(29)14-31-27/h7-14,18-19H,15H2,1-6H3/t18-,19-/m0/s1. The molecule has 5 rings (SSSR count). The van der Waals surface area contributed by atoms with Gasteiger partial charge in [-0.15, -0.1) is 10.2 Å². The number of fused-ring (bicyclic) bond motifs is 1. The first-order valence-electron chi connectivity index (χ1n) is 12.7. The number of halogens is 1. The third kappa shape index (κ3) is 4.95. The van der Waals surface area contributed by atoms with Gasteiger partial charge in [0, 0.05) is 30.7 Å². The molecular weight excluding hydrogens is 550 g/mol. The number of aryl methyl sites for hydroxylation is 3. The zero-order valence-electron chi connectivity index (χ0n) is 23.1. The highest BCUT2D eigenvalue weighted by atomic mass is 35.5. The summed E-state index contributed by atoms with van der Waals surface area (Å²) in [5.41, 5.74) is 4.11. The van der Waals surface area contributed by atoms with Crippen molar-refractivity contribution in [2.45, 2.75) is 44.6 Å². The van der Waals surface area contributed by atoms with E-state index in [2.05, 4.69) is 20.2 Å². The molecule has 2 aromatic carbocycles. The van der Waals surface area contributed by atoms with Crippen LogP contribution in [0.15, 0.2) is 48.8 Å². The number of hydrogen-bond acceptors (Lipinski definition) is 8. The van der Waals surface area contributed by atoms with Gasteiger partial charge in [0.15, 0.2) is 21.5 Å². The lowest BCUT2D eigenvalue weighted by atomic mass is 10.1. The molecule has 5 aromatic rings. The van der Waals surface area contributed by atoms with Crippen LogP contribution in [0.2, 0.25) is 5.02 Å². The molecule has 0 amide bonds. The summed E-state index contributed by atoms with van der Waals surface area (Å²) < 4.78 is 36.8. The van der Waals surface area contributed by atoms with Gasteiger partial charge in [0.05, 0.1) is 28.6 Å². The first-order chi connectivity index (χ1) is 19.0. The van der Waals surface area contributed by atoms with Gasteiger partial charge in [0.2, 0.25) is 0 Å². The monoisotopic (exact) mass is 579 g/mol. The van der Waals surface area contributed by atoms with Crippen molar-refractivity contribution in [3.05, 3.63) is 76.6 Å². The van der Waals surface area contributed by atoms with Crippen LogP contribution in [0.4, 0.5) is 0 Å². The summed E-state index contributed by atoms with van der Waals surface area (Å²) in [5, 5.41) is 14.2. The fraction of sp³-hybridized carbons (Fsp3) is 0.321. The van der Waals surface area contributed by atoms with Gasteiger partial charge in [-0.05, 0) is 44.5 Å². The quantitative estimate of drug-likeness (QED) is 0.252. The van der Waals surface area contributed by atoms with Crippen molar-refractivity contribution in [2.24, 2.45) is 7.05 Å². The topological polar surface area (TPSA) is 118 Å². The van der Waals surface area contributed by atoms with Gasteiger partial charge >= 0.3 is 0 Å². The Morgan fingerprint density at radius 2 is 1.77 bits per heavy atom. The Kier molecular flexibility index (Phi) is 7.36. The molecule has 10 nitrogen and oxygen atoms in total. The van der Waals surface area contributed by atoms with E-state index in [1.165, 1.54) is 12.4 Å². The van der Waals surface area contributed by atoms with Gasteiger partial charge < -0.3 is 4.74 Å². The molecule has 0 bridgehead atoms. The van der Waals surface area contributed by atoms with E-state index in [9.17, 15) is 8.42 Å². The van der Waals surface area contributed by atoms with Crippen LogP contribution in [0.5, 0.6) is 5.75 Å². The van der Waals surface area contributed by atoms with E-state index in [-0.39, 0.29) is 11.6 Å². The van der Waals surface area contributed by atoms with Gasteiger partial charge in [-0.3, -0.25) is 9.25 Å². The minimum absolute atomic E-state index is 0.255. The number of ether oxygens (including phenoxy) is 1. The summed E-state index contributed by atoms with van der Waals surface area (Å²) in [5.74, 6) is 0.806. The lowest BCUT2D eigenvalue weighted by molar-refractivity contribution is 0.412. The highest BCUT2D eigenvalue weighted by Crippen LogP contribution is 2.35. The second-order valence-electron chi connectivity index (χ2n) is 9.95. The number of benzene rings is 2. The molecule has 3 aromatic heterocycles. The molecule has 0 fully saturated rings. The van der Waals surface area contributed by atoms with Crippen molar-refractivity contribution in [1.29, 1.82) is 0 Å². The Bertz CT molecular complexity index is 1810. The summed E-state index contributed by atoms with van der Waals surface area (Å²) in [6.45, 7) is 7.39. The summed E-state index contributed by atoms with van der Waals surface area (Å²) >= 11 is 5.93. The predicted octanol–water partition coefficient (Wildman–Crippen LogP) is 5.00. The molecule has 0 N–H and O–H groups in total. The van der Waals surface area contributed by atoms with E-state index in [0.29, 0.717) is 33.8 Å². The molecule has 0 unspecified atom stereocenters. The predicted molar refractivity (Wildman–Crippen MR) is 155 cm³/mol. The highest BCUT2D eigenvalue weighted by Gasteiger charge is 2.33. The van der Waals surface area contributed by atoms with Gasteiger partial charge in [0.25, 0.3) is 0 Å². The Balaban J connectivity index is 1.67. The molecule has 0 radical (unpaired) electrons. The smallest absolute Gasteiger partial charge is 0.189 e. The van der Waals surface area contributed by atoms with Crippen LogP contribution in [0.3, 0.4) is 0 Å². The lowest BCUT2D eigenvalue weighted by Gasteiger charge is -2.20. The second kappa shape index (κ2) is 10.6. The number of methoxy groups -OCH3 is 1. The minimum atomic E-state index is -3.75. The van der Waals surface area contributed by atoms with E-state index in [4.69, 9.17) is 21.4 Å². The van der Waals surface area contributed by atoms with Gasteiger partial charge in [-0.2, -0.15) is 5.10 Å². The van der Waals surface area contributed by atoms with E-state index < -0.39 is 21.0 Å². The average molecular weight is 580 g/mol. The lowest BCUT2D eigenvalue weighted by Crippen LogP contribution is -2.27. The molecular formula is C28H30ClN7O3S. The number of hydrogen-bond donors (Lipinski definition) is 0. The van der Waals surface area contributed by atoms with Crippen molar-refractivity contribution in [3.8, 4) is 23.0 Å². The summed E-state index contributed by atoms with van der Waals surface area (Å²) in [7, 11) is -0.307. The molecule has 40 heavy (non-hydrogen) atoms. The summed E-state index contributed by atoms with van der Waals surface area (Å²) in [6.07, 6.45) is 2.93. The Morgan fingerprint density at radius 3 is 2.48 bits per heavy atom. The van der Waals surface area contributed by atoms with Crippen LogP contribution >= 0.6 is 11.6 Å². The molecule has 0 aliphatic rings. The molecule has 0 aliphatic carbocycles. The molecule has 0 spiro atoms.